The summed E-state index contributed by atoms with van der Waals surface area (Å²) in [5.74, 6) is -1.48. The largest absolute Gasteiger partial charge is 0.366 e. The monoisotopic (exact) mass is 338 g/mol. The smallest absolute Gasteiger partial charge is 0.184 e. The number of aliphatic hydroxyl groups is 1. The molecule has 2 fully saturated rings. The molecule has 0 amide bonds. The van der Waals surface area contributed by atoms with Gasteiger partial charge in [0, 0.05) is 0 Å². The third-order valence-corrected chi connectivity index (χ3v) is 4.11. The van der Waals surface area contributed by atoms with Crippen LogP contribution in [0.4, 0.5) is 0 Å². The van der Waals surface area contributed by atoms with Gasteiger partial charge in [-0.25, -0.2) is 0 Å². The lowest BCUT2D eigenvalue weighted by Crippen LogP contribution is -2.44. The van der Waals surface area contributed by atoms with Crippen molar-refractivity contribution in [3.05, 3.63) is 35.9 Å². The van der Waals surface area contributed by atoms with Crippen molar-refractivity contribution in [2.45, 2.75) is 70.5 Å². The molecule has 0 radical (unpaired) electrons. The Morgan fingerprint density at radius 1 is 1.08 bits per heavy atom. The highest BCUT2D eigenvalue weighted by Gasteiger charge is 2.52. The lowest BCUT2D eigenvalue weighted by Gasteiger charge is -2.26. The van der Waals surface area contributed by atoms with Crippen LogP contribution in [0, 0.1) is 0 Å². The van der Waals surface area contributed by atoms with Crippen LogP contribution in [0.15, 0.2) is 30.3 Å². The van der Waals surface area contributed by atoms with E-state index < -0.39 is 30.1 Å². The van der Waals surface area contributed by atoms with Crippen LogP contribution in [0.3, 0.4) is 0 Å². The second kappa shape index (κ2) is 6.71. The van der Waals surface area contributed by atoms with Crippen molar-refractivity contribution in [3.63, 3.8) is 0 Å². The summed E-state index contributed by atoms with van der Waals surface area (Å²) >= 11 is 0. The first-order valence-electron chi connectivity index (χ1n) is 8.27. The van der Waals surface area contributed by atoms with Gasteiger partial charge in [0.25, 0.3) is 0 Å². The summed E-state index contributed by atoms with van der Waals surface area (Å²) in [7, 11) is 0. The van der Waals surface area contributed by atoms with E-state index in [9.17, 15) is 5.11 Å². The molecule has 1 N–H and O–H groups in total. The number of hydrogen-bond donors (Lipinski definition) is 1. The molecule has 2 heterocycles. The number of rotatable bonds is 5. The second-order valence-corrected chi connectivity index (χ2v) is 7.12. The predicted octanol–water partition coefficient (Wildman–Crippen LogP) is 2.19. The molecule has 1 aromatic carbocycles. The number of aliphatic hydroxyl groups excluding tert-OH is 1. The zero-order chi connectivity index (χ0) is 17.4. The first-order valence-corrected chi connectivity index (χ1v) is 8.27. The minimum Gasteiger partial charge on any atom is -0.366 e. The molecule has 6 heteroatoms. The van der Waals surface area contributed by atoms with E-state index in [0.717, 1.165) is 5.56 Å². The summed E-state index contributed by atoms with van der Waals surface area (Å²) in [5.41, 5.74) is 0.979. The van der Waals surface area contributed by atoms with Gasteiger partial charge in [-0.15, -0.1) is 0 Å². The average Bonchev–Trinajstić information content (AvgIpc) is 3.05. The van der Waals surface area contributed by atoms with Gasteiger partial charge in [0.15, 0.2) is 17.9 Å². The number of hydrogen-bond acceptors (Lipinski definition) is 6. The van der Waals surface area contributed by atoms with Crippen LogP contribution in [0.2, 0.25) is 0 Å². The van der Waals surface area contributed by atoms with Crippen molar-refractivity contribution in [2.75, 3.05) is 6.61 Å². The Kier molecular flexibility index (Phi) is 4.97. The maximum Gasteiger partial charge on any atom is 0.184 e. The van der Waals surface area contributed by atoms with E-state index in [1.165, 1.54) is 0 Å². The van der Waals surface area contributed by atoms with Crippen molar-refractivity contribution >= 4 is 0 Å². The zero-order valence-corrected chi connectivity index (χ0v) is 14.6. The molecule has 6 nitrogen and oxygen atoms in total. The van der Waals surface area contributed by atoms with E-state index in [1.54, 1.807) is 0 Å². The van der Waals surface area contributed by atoms with Gasteiger partial charge in [0.05, 0.1) is 13.2 Å². The fraction of sp³-hybridized carbons (Fsp3) is 0.667. The molecular weight excluding hydrogens is 312 g/mol. The average molecular weight is 338 g/mol. The first kappa shape index (κ1) is 17.8. The third kappa shape index (κ3) is 4.14. The Balaban J connectivity index is 1.65. The molecule has 0 bridgehead atoms. The van der Waals surface area contributed by atoms with E-state index in [2.05, 4.69) is 0 Å². The van der Waals surface area contributed by atoms with E-state index in [0.29, 0.717) is 13.2 Å². The van der Waals surface area contributed by atoms with Crippen molar-refractivity contribution in [1.82, 2.24) is 0 Å². The Hall–Kier alpha value is -1.02. The molecule has 24 heavy (non-hydrogen) atoms. The van der Waals surface area contributed by atoms with Crippen molar-refractivity contribution in [3.8, 4) is 0 Å². The molecular formula is C18H26O6. The molecule has 0 saturated carbocycles. The van der Waals surface area contributed by atoms with Crippen LogP contribution in [-0.4, -0.2) is 47.9 Å². The highest BCUT2D eigenvalue weighted by molar-refractivity contribution is 5.13. The molecule has 3 rings (SSSR count). The third-order valence-electron chi connectivity index (χ3n) is 4.11. The molecule has 4 atom stereocenters. The molecule has 2 aliphatic rings. The zero-order valence-electron chi connectivity index (χ0n) is 14.6. The number of benzene rings is 1. The SMILES string of the molecule is CC1(C)OC[C@@H]([C@H]2OC(C)(C)O[C@@H]2C(O)OCc2ccccc2)O1. The minimum atomic E-state index is -1.12. The summed E-state index contributed by atoms with van der Waals surface area (Å²) in [6.07, 6.45) is -2.55. The normalized spacial score (nSPS) is 32.8. The summed E-state index contributed by atoms with van der Waals surface area (Å²) in [6, 6.07) is 9.68. The molecule has 1 unspecified atom stereocenters. The Labute approximate surface area is 142 Å². The topological polar surface area (TPSA) is 66.4 Å². The van der Waals surface area contributed by atoms with Crippen LogP contribution >= 0.6 is 0 Å². The molecule has 0 aliphatic carbocycles. The van der Waals surface area contributed by atoms with E-state index in [-0.39, 0.29) is 6.10 Å². The Morgan fingerprint density at radius 2 is 1.79 bits per heavy atom. The lowest BCUT2D eigenvalue weighted by atomic mass is 10.1. The Morgan fingerprint density at radius 3 is 2.42 bits per heavy atom. The van der Waals surface area contributed by atoms with Crippen LogP contribution in [0.1, 0.15) is 33.3 Å². The quantitative estimate of drug-likeness (QED) is 0.830. The maximum atomic E-state index is 10.5. The number of ether oxygens (including phenoxy) is 5. The van der Waals surface area contributed by atoms with E-state index in [1.807, 2.05) is 58.0 Å². The van der Waals surface area contributed by atoms with Gasteiger partial charge in [0.1, 0.15) is 18.3 Å². The van der Waals surface area contributed by atoms with Gasteiger partial charge in [0.2, 0.25) is 0 Å². The summed E-state index contributed by atoms with van der Waals surface area (Å²) in [5, 5.41) is 10.5. The first-order chi connectivity index (χ1) is 11.3. The molecule has 134 valence electrons. The highest BCUT2D eigenvalue weighted by atomic mass is 16.8. The van der Waals surface area contributed by atoms with Crippen LogP contribution in [0.5, 0.6) is 0 Å². The van der Waals surface area contributed by atoms with Gasteiger partial charge < -0.3 is 28.8 Å². The predicted molar refractivity (Wildman–Crippen MR) is 86.0 cm³/mol. The minimum absolute atomic E-state index is 0.294. The molecule has 1 aromatic rings. The summed E-state index contributed by atoms with van der Waals surface area (Å²) in [6.45, 7) is 8.01. The fourth-order valence-corrected chi connectivity index (χ4v) is 3.05. The molecule has 0 spiro atoms. The van der Waals surface area contributed by atoms with Gasteiger partial charge >= 0.3 is 0 Å². The van der Waals surface area contributed by atoms with Crippen LogP contribution in [-0.2, 0) is 30.3 Å². The highest BCUT2D eigenvalue weighted by Crippen LogP contribution is 2.37. The lowest BCUT2D eigenvalue weighted by molar-refractivity contribution is -0.204. The van der Waals surface area contributed by atoms with Gasteiger partial charge in [-0.05, 0) is 33.3 Å². The van der Waals surface area contributed by atoms with Gasteiger partial charge in [-0.3, -0.25) is 0 Å². The van der Waals surface area contributed by atoms with Crippen LogP contribution in [0.25, 0.3) is 0 Å². The second-order valence-electron chi connectivity index (χ2n) is 7.12. The fourth-order valence-electron chi connectivity index (χ4n) is 3.05. The van der Waals surface area contributed by atoms with Crippen LogP contribution < -0.4 is 0 Å². The molecule has 0 aromatic heterocycles. The molecule has 2 saturated heterocycles. The summed E-state index contributed by atoms with van der Waals surface area (Å²) in [4.78, 5) is 0. The molecule has 2 aliphatic heterocycles. The van der Waals surface area contributed by atoms with Crippen molar-refractivity contribution in [2.24, 2.45) is 0 Å². The Bertz CT molecular complexity index is 544. The van der Waals surface area contributed by atoms with Crippen molar-refractivity contribution < 1.29 is 28.8 Å². The van der Waals surface area contributed by atoms with Gasteiger partial charge in [-0.1, -0.05) is 30.3 Å². The maximum absolute atomic E-state index is 10.5. The summed E-state index contributed by atoms with van der Waals surface area (Å²) < 4.78 is 28.9. The van der Waals surface area contributed by atoms with Crippen molar-refractivity contribution in [1.29, 1.82) is 0 Å². The van der Waals surface area contributed by atoms with Gasteiger partial charge in [-0.2, -0.15) is 0 Å². The standard InChI is InChI=1S/C18H26O6/c1-17(2)21-11-13(22-17)14-15(24-18(3,4)23-14)16(19)20-10-12-8-6-5-7-9-12/h5-9,13-16,19H,10-11H2,1-4H3/t13-,14+,15-,16?/m0/s1. The van der Waals surface area contributed by atoms with E-state index in [4.69, 9.17) is 23.7 Å². The van der Waals surface area contributed by atoms with E-state index >= 15 is 0 Å².